The van der Waals surface area contributed by atoms with Crippen molar-refractivity contribution >= 4 is 44.5 Å². The maximum Gasteiger partial charge on any atom is 0.122 e. The number of ether oxygens (including phenoxy) is 1. The Bertz CT molecular complexity index is 536. The van der Waals surface area contributed by atoms with Crippen molar-refractivity contribution in [1.82, 2.24) is 0 Å². The van der Waals surface area contributed by atoms with Crippen LogP contribution in [0.15, 0.2) is 40.2 Å². The Morgan fingerprint density at radius 1 is 1.33 bits per heavy atom. The van der Waals surface area contributed by atoms with Crippen LogP contribution in [0.2, 0.25) is 0 Å². The Labute approximate surface area is 124 Å². The summed E-state index contributed by atoms with van der Waals surface area (Å²) in [6.45, 7) is 0.588. The molecule has 0 saturated heterocycles. The van der Waals surface area contributed by atoms with E-state index in [9.17, 15) is 0 Å². The molecular formula is C13H12BrNOS2. The lowest BCUT2D eigenvalue weighted by Gasteiger charge is -2.05. The minimum atomic E-state index is 0.507. The fourth-order valence-corrected chi connectivity index (χ4v) is 3.02. The summed E-state index contributed by atoms with van der Waals surface area (Å²) in [4.78, 5) is 1.70. The first-order valence-electron chi connectivity index (χ1n) is 5.36. The van der Waals surface area contributed by atoms with Gasteiger partial charge in [-0.1, -0.05) is 24.4 Å². The standard InChI is InChI=1S/C13H12BrNOS2/c14-10-6-12(18-8-10)7-16-11-3-1-9(2-4-11)5-13(15)17/h1-4,6,8H,5,7H2,(H2,15,17). The zero-order valence-electron chi connectivity index (χ0n) is 9.56. The quantitative estimate of drug-likeness (QED) is 0.837. The van der Waals surface area contributed by atoms with Gasteiger partial charge in [0.15, 0.2) is 0 Å². The third kappa shape index (κ3) is 4.08. The van der Waals surface area contributed by atoms with E-state index >= 15 is 0 Å². The Kier molecular flexibility index (Phi) is 4.74. The van der Waals surface area contributed by atoms with Crippen molar-refractivity contribution in [3.05, 3.63) is 50.6 Å². The van der Waals surface area contributed by atoms with Crippen LogP contribution in [0.25, 0.3) is 0 Å². The summed E-state index contributed by atoms with van der Waals surface area (Å²) in [6.07, 6.45) is 0.632. The first-order chi connectivity index (χ1) is 8.63. The van der Waals surface area contributed by atoms with Gasteiger partial charge in [-0.15, -0.1) is 11.3 Å². The second-order valence-corrected chi connectivity index (χ2v) is 6.24. The molecule has 0 spiro atoms. The zero-order chi connectivity index (χ0) is 13.0. The van der Waals surface area contributed by atoms with E-state index in [1.54, 1.807) is 11.3 Å². The average molecular weight is 342 g/mol. The van der Waals surface area contributed by atoms with Crippen LogP contribution in [0.5, 0.6) is 5.75 Å². The van der Waals surface area contributed by atoms with Crippen LogP contribution in [-0.4, -0.2) is 4.99 Å². The van der Waals surface area contributed by atoms with E-state index in [4.69, 9.17) is 22.7 Å². The highest BCUT2D eigenvalue weighted by atomic mass is 79.9. The van der Waals surface area contributed by atoms with E-state index in [2.05, 4.69) is 22.0 Å². The molecular weight excluding hydrogens is 330 g/mol. The van der Waals surface area contributed by atoms with E-state index < -0.39 is 0 Å². The van der Waals surface area contributed by atoms with E-state index in [0.29, 0.717) is 18.0 Å². The number of hydrogen-bond donors (Lipinski definition) is 1. The van der Waals surface area contributed by atoms with Crippen LogP contribution in [0.1, 0.15) is 10.4 Å². The SMILES string of the molecule is NC(=S)Cc1ccc(OCc2cc(Br)cs2)cc1. The van der Waals surface area contributed by atoms with Gasteiger partial charge in [-0.25, -0.2) is 0 Å². The molecule has 0 radical (unpaired) electrons. The molecule has 2 N–H and O–H groups in total. The molecule has 0 fully saturated rings. The Morgan fingerprint density at radius 2 is 2.06 bits per heavy atom. The molecule has 0 unspecified atom stereocenters. The Balaban J connectivity index is 1.92. The molecule has 2 aromatic rings. The second kappa shape index (κ2) is 6.31. The molecule has 0 saturated carbocycles. The highest BCUT2D eigenvalue weighted by molar-refractivity contribution is 9.10. The lowest BCUT2D eigenvalue weighted by Crippen LogP contribution is -2.10. The molecule has 18 heavy (non-hydrogen) atoms. The minimum Gasteiger partial charge on any atom is -0.488 e. The second-order valence-electron chi connectivity index (χ2n) is 3.81. The average Bonchev–Trinajstić information content (AvgIpc) is 2.74. The maximum absolute atomic E-state index is 5.69. The normalized spacial score (nSPS) is 10.3. The molecule has 0 aliphatic carbocycles. The van der Waals surface area contributed by atoms with Gasteiger partial charge in [0, 0.05) is 21.2 Å². The summed E-state index contributed by atoms with van der Waals surface area (Å²) < 4.78 is 6.79. The van der Waals surface area contributed by atoms with E-state index in [0.717, 1.165) is 15.8 Å². The van der Waals surface area contributed by atoms with Gasteiger partial charge in [-0.3, -0.25) is 0 Å². The van der Waals surface area contributed by atoms with Gasteiger partial charge >= 0.3 is 0 Å². The Hall–Kier alpha value is -0.910. The summed E-state index contributed by atoms with van der Waals surface area (Å²) >= 11 is 9.97. The predicted octanol–water partition coefficient (Wildman–Crippen LogP) is 3.92. The molecule has 0 amide bonds. The smallest absolute Gasteiger partial charge is 0.122 e. The number of thiocarbonyl (C=S) groups is 1. The molecule has 94 valence electrons. The molecule has 0 aliphatic rings. The zero-order valence-corrected chi connectivity index (χ0v) is 12.8. The topological polar surface area (TPSA) is 35.2 Å². The maximum atomic E-state index is 5.69. The van der Waals surface area contributed by atoms with Gasteiger partial charge in [0.2, 0.25) is 0 Å². The molecule has 1 aromatic heterocycles. The summed E-state index contributed by atoms with van der Waals surface area (Å²) in [5.41, 5.74) is 6.60. The number of nitrogens with two attached hydrogens (primary N) is 1. The van der Waals surface area contributed by atoms with E-state index in [1.807, 2.05) is 29.6 Å². The van der Waals surface area contributed by atoms with Crippen LogP contribution in [0.3, 0.4) is 0 Å². The number of benzene rings is 1. The highest BCUT2D eigenvalue weighted by Crippen LogP contribution is 2.22. The van der Waals surface area contributed by atoms with Crippen molar-refractivity contribution in [2.45, 2.75) is 13.0 Å². The van der Waals surface area contributed by atoms with Gasteiger partial charge < -0.3 is 10.5 Å². The Morgan fingerprint density at radius 3 is 2.61 bits per heavy atom. The largest absolute Gasteiger partial charge is 0.488 e. The van der Waals surface area contributed by atoms with Gasteiger partial charge in [-0.05, 0) is 39.7 Å². The third-order valence-electron chi connectivity index (χ3n) is 2.30. The van der Waals surface area contributed by atoms with Crippen molar-refractivity contribution in [3.63, 3.8) is 0 Å². The highest BCUT2D eigenvalue weighted by Gasteiger charge is 2.00. The molecule has 0 atom stereocenters. The van der Waals surface area contributed by atoms with Gasteiger partial charge in [0.05, 0.1) is 4.99 Å². The fraction of sp³-hybridized carbons (Fsp3) is 0.154. The van der Waals surface area contributed by atoms with E-state index in [1.165, 1.54) is 4.88 Å². The first kappa shape index (κ1) is 13.5. The lowest BCUT2D eigenvalue weighted by atomic mass is 10.1. The van der Waals surface area contributed by atoms with Crippen molar-refractivity contribution in [2.75, 3.05) is 0 Å². The van der Waals surface area contributed by atoms with Crippen molar-refractivity contribution in [3.8, 4) is 5.75 Å². The van der Waals surface area contributed by atoms with Crippen molar-refractivity contribution in [1.29, 1.82) is 0 Å². The van der Waals surface area contributed by atoms with Gasteiger partial charge in [0.25, 0.3) is 0 Å². The monoisotopic (exact) mass is 341 g/mol. The molecule has 2 nitrogen and oxygen atoms in total. The third-order valence-corrected chi connectivity index (χ3v) is 4.12. The van der Waals surface area contributed by atoms with Crippen LogP contribution in [-0.2, 0) is 13.0 Å². The lowest BCUT2D eigenvalue weighted by molar-refractivity contribution is 0.309. The molecule has 5 heteroatoms. The van der Waals surface area contributed by atoms with Gasteiger partial charge in [0.1, 0.15) is 12.4 Å². The molecule has 1 aromatic carbocycles. The first-order valence-corrected chi connectivity index (χ1v) is 7.44. The minimum absolute atomic E-state index is 0.507. The molecule has 0 bridgehead atoms. The van der Waals surface area contributed by atoms with Crippen molar-refractivity contribution < 1.29 is 4.74 Å². The van der Waals surface area contributed by atoms with Crippen molar-refractivity contribution in [2.24, 2.45) is 5.73 Å². The summed E-state index contributed by atoms with van der Waals surface area (Å²) in [7, 11) is 0. The fourth-order valence-electron chi connectivity index (χ4n) is 1.49. The number of thiophene rings is 1. The summed E-state index contributed by atoms with van der Waals surface area (Å²) in [5.74, 6) is 0.853. The van der Waals surface area contributed by atoms with E-state index in [-0.39, 0.29) is 0 Å². The van der Waals surface area contributed by atoms with Gasteiger partial charge in [-0.2, -0.15) is 0 Å². The summed E-state index contributed by atoms with van der Waals surface area (Å²) in [5, 5.41) is 2.05. The van der Waals surface area contributed by atoms with Crippen LogP contribution < -0.4 is 10.5 Å². The summed E-state index contributed by atoms with van der Waals surface area (Å²) in [6, 6.07) is 9.91. The number of halogens is 1. The van der Waals surface area contributed by atoms with Crippen LogP contribution in [0.4, 0.5) is 0 Å². The number of hydrogen-bond acceptors (Lipinski definition) is 3. The predicted molar refractivity (Wildman–Crippen MR) is 83.3 cm³/mol. The molecule has 1 heterocycles. The molecule has 0 aliphatic heterocycles. The molecule has 2 rings (SSSR count). The van der Waals surface area contributed by atoms with Crippen LogP contribution in [0, 0.1) is 0 Å². The number of rotatable bonds is 5. The van der Waals surface area contributed by atoms with Crippen LogP contribution >= 0.6 is 39.5 Å².